The number of hydrogen-bond acceptors (Lipinski definition) is 4. The molecule has 2 amide bonds. The van der Waals surface area contributed by atoms with Gasteiger partial charge in [0.25, 0.3) is 0 Å². The van der Waals surface area contributed by atoms with E-state index in [4.69, 9.17) is 9.84 Å². The van der Waals surface area contributed by atoms with E-state index in [9.17, 15) is 14.7 Å². The van der Waals surface area contributed by atoms with E-state index >= 15 is 0 Å². The average molecular weight is 394 g/mol. The summed E-state index contributed by atoms with van der Waals surface area (Å²) in [7, 11) is 1.51. The summed E-state index contributed by atoms with van der Waals surface area (Å²) in [5, 5.41) is 23.0. The molecule has 0 heterocycles. The van der Waals surface area contributed by atoms with Gasteiger partial charge in [-0.15, -0.1) is 0 Å². The highest BCUT2D eigenvalue weighted by Crippen LogP contribution is 2.23. The molecule has 4 N–H and O–H groups in total. The van der Waals surface area contributed by atoms with Gasteiger partial charge in [0, 0.05) is 9.64 Å². The number of aliphatic hydroxyl groups is 1. The van der Waals surface area contributed by atoms with Crippen molar-refractivity contribution in [2.45, 2.75) is 12.5 Å². The minimum absolute atomic E-state index is 0.408. The van der Waals surface area contributed by atoms with E-state index in [1.54, 1.807) is 18.2 Å². The van der Waals surface area contributed by atoms with Crippen molar-refractivity contribution in [2.24, 2.45) is 0 Å². The molecule has 0 aliphatic carbocycles. The Morgan fingerprint density at radius 2 is 2.10 bits per heavy atom. The highest BCUT2D eigenvalue weighted by atomic mass is 127. The van der Waals surface area contributed by atoms with E-state index < -0.39 is 24.1 Å². The van der Waals surface area contributed by atoms with Crippen LogP contribution in [0.5, 0.6) is 5.75 Å². The molecule has 0 radical (unpaired) electrons. The molecule has 1 atom stereocenters. The van der Waals surface area contributed by atoms with E-state index in [1.165, 1.54) is 7.11 Å². The zero-order valence-corrected chi connectivity index (χ0v) is 13.1. The number of ether oxygens (including phenoxy) is 1. The van der Waals surface area contributed by atoms with Crippen LogP contribution in [0.25, 0.3) is 0 Å². The first-order valence-corrected chi connectivity index (χ1v) is 6.68. The van der Waals surface area contributed by atoms with Gasteiger partial charge in [0.2, 0.25) is 0 Å². The monoisotopic (exact) mass is 394 g/mol. The van der Waals surface area contributed by atoms with Crippen molar-refractivity contribution in [3.05, 3.63) is 21.8 Å². The Balaban J connectivity index is 2.65. The SMILES string of the molecule is COc1ccc(I)c(NC(=O)NCC(C)(O)C(=O)O)c1. The smallest absolute Gasteiger partial charge is 0.337 e. The average Bonchev–Trinajstić information content (AvgIpc) is 2.39. The first-order chi connectivity index (χ1) is 9.26. The fourth-order valence-electron chi connectivity index (χ4n) is 1.22. The van der Waals surface area contributed by atoms with Crippen LogP contribution in [-0.4, -0.2) is 41.5 Å². The van der Waals surface area contributed by atoms with Gasteiger partial charge < -0.3 is 25.6 Å². The van der Waals surface area contributed by atoms with Crippen LogP contribution in [0.4, 0.5) is 10.5 Å². The van der Waals surface area contributed by atoms with E-state index in [0.29, 0.717) is 11.4 Å². The van der Waals surface area contributed by atoms with E-state index in [0.717, 1.165) is 10.5 Å². The van der Waals surface area contributed by atoms with Crippen molar-refractivity contribution in [3.8, 4) is 5.75 Å². The van der Waals surface area contributed by atoms with Crippen LogP contribution in [-0.2, 0) is 4.79 Å². The summed E-state index contributed by atoms with van der Waals surface area (Å²) in [4.78, 5) is 22.4. The molecule has 0 aromatic heterocycles. The Morgan fingerprint density at radius 1 is 1.45 bits per heavy atom. The maximum Gasteiger partial charge on any atom is 0.337 e. The molecule has 110 valence electrons. The van der Waals surface area contributed by atoms with Gasteiger partial charge in [0.15, 0.2) is 5.60 Å². The first kappa shape index (κ1) is 16.5. The number of carbonyl (C=O) groups excluding carboxylic acids is 1. The number of amides is 2. The summed E-state index contributed by atoms with van der Waals surface area (Å²) in [6, 6.07) is 4.54. The number of methoxy groups -OCH3 is 1. The third-order valence-corrected chi connectivity index (χ3v) is 3.42. The molecule has 0 aliphatic rings. The van der Waals surface area contributed by atoms with Crippen LogP contribution in [0.1, 0.15) is 6.92 Å². The third kappa shape index (κ3) is 4.53. The predicted molar refractivity (Wildman–Crippen MR) is 81.0 cm³/mol. The number of nitrogens with one attached hydrogen (secondary N) is 2. The summed E-state index contributed by atoms with van der Waals surface area (Å²) in [6.07, 6.45) is 0. The Bertz CT molecular complexity index is 519. The summed E-state index contributed by atoms with van der Waals surface area (Å²) in [5.41, 5.74) is -1.49. The zero-order valence-electron chi connectivity index (χ0n) is 10.9. The number of carbonyl (C=O) groups is 2. The molecule has 1 aromatic carbocycles. The van der Waals surface area contributed by atoms with Gasteiger partial charge in [-0.2, -0.15) is 0 Å². The Hall–Kier alpha value is -1.55. The number of urea groups is 1. The van der Waals surface area contributed by atoms with Crippen LogP contribution < -0.4 is 15.4 Å². The quantitative estimate of drug-likeness (QED) is 0.563. The number of carboxylic acid groups (broad SMARTS) is 1. The Morgan fingerprint density at radius 3 is 2.65 bits per heavy atom. The summed E-state index contributed by atoms with van der Waals surface area (Å²) in [5.74, 6) is -0.827. The molecule has 20 heavy (non-hydrogen) atoms. The number of benzene rings is 1. The van der Waals surface area contributed by atoms with Crippen LogP contribution >= 0.6 is 22.6 Å². The predicted octanol–water partition coefficient (Wildman–Crippen LogP) is 1.26. The molecule has 0 bridgehead atoms. The molecular formula is C12H15IN2O5. The highest BCUT2D eigenvalue weighted by Gasteiger charge is 2.30. The second-order valence-electron chi connectivity index (χ2n) is 4.23. The second-order valence-corrected chi connectivity index (χ2v) is 5.39. The Labute approximate surface area is 129 Å². The van der Waals surface area contributed by atoms with Crippen molar-refractivity contribution in [1.82, 2.24) is 5.32 Å². The number of anilines is 1. The number of rotatable bonds is 5. The molecular weight excluding hydrogens is 379 g/mol. The van der Waals surface area contributed by atoms with E-state index in [2.05, 4.69) is 10.6 Å². The molecule has 0 fully saturated rings. The number of halogens is 1. The number of carboxylic acids is 1. The normalized spacial score (nSPS) is 13.2. The molecule has 0 spiro atoms. The lowest BCUT2D eigenvalue weighted by molar-refractivity contribution is -0.155. The summed E-state index contributed by atoms with van der Waals surface area (Å²) < 4.78 is 5.84. The molecule has 1 rings (SSSR count). The minimum atomic E-state index is -2.02. The van der Waals surface area contributed by atoms with Crippen molar-refractivity contribution < 1.29 is 24.5 Å². The number of hydrogen-bond donors (Lipinski definition) is 4. The van der Waals surface area contributed by atoms with Crippen molar-refractivity contribution >= 4 is 40.3 Å². The minimum Gasteiger partial charge on any atom is -0.497 e. The number of aliphatic carboxylic acids is 1. The molecule has 0 aliphatic heterocycles. The largest absolute Gasteiger partial charge is 0.497 e. The fourth-order valence-corrected chi connectivity index (χ4v) is 1.69. The van der Waals surface area contributed by atoms with E-state index in [-0.39, 0.29) is 0 Å². The van der Waals surface area contributed by atoms with Gasteiger partial charge >= 0.3 is 12.0 Å². The van der Waals surface area contributed by atoms with Crippen LogP contribution in [0, 0.1) is 3.57 Å². The fraction of sp³-hybridized carbons (Fsp3) is 0.333. The van der Waals surface area contributed by atoms with Crippen molar-refractivity contribution in [1.29, 1.82) is 0 Å². The molecule has 7 nitrogen and oxygen atoms in total. The first-order valence-electron chi connectivity index (χ1n) is 5.60. The van der Waals surface area contributed by atoms with Gasteiger partial charge in [0.05, 0.1) is 19.3 Å². The maximum absolute atomic E-state index is 11.7. The highest BCUT2D eigenvalue weighted by molar-refractivity contribution is 14.1. The lowest BCUT2D eigenvalue weighted by atomic mass is 10.1. The van der Waals surface area contributed by atoms with Crippen LogP contribution in [0.3, 0.4) is 0 Å². The standard InChI is InChI=1S/C12H15IN2O5/c1-12(19,10(16)17)6-14-11(18)15-9-5-7(20-2)3-4-8(9)13/h3-5,19H,6H2,1-2H3,(H,16,17)(H2,14,15,18). The lowest BCUT2D eigenvalue weighted by Gasteiger charge is -2.18. The molecule has 1 unspecified atom stereocenters. The van der Waals surface area contributed by atoms with Crippen molar-refractivity contribution in [2.75, 3.05) is 19.0 Å². The third-order valence-electron chi connectivity index (χ3n) is 2.48. The van der Waals surface area contributed by atoms with Gasteiger partial charge in [-0.1, -0.05) is 0 Å². The van der Waals surface area contributed by atoms with Gasteiger partial charge in [0.1, 0.15) is 5.75 Å². The van der Waals surface area contributed by atoms with Crippen LogP contribution in [0.15, 0.2) is 18.2 Å². The summed E-state index contributed by atoms with van der Waals surface area (Å²) >= 11 is 2.04. The Kier molecular flexibility index (Phi) is 5.57. The second kappa shape index (κ2) is 6.75. The molecule has 0 saturated heterocycles. The summed E-state index contributed by atoms with van der Waals surface area (Å²) in [6.45, 7) is 0.694. The van der Waals surface area contributed by atoms with Gasteiger partial charge in [-0.05, 0) is 41.6 Å². The van der Waals surface area contributed by atoms with Gasteiger partial charge in [-0.3, -0.25) is 0 Å². The lowest BCUT2D eigenvalue weighted by Crippen LogP contribution is -2.47. The maximum atomic E-state index is 11.7. The topological polar surface area (TPSA) is 108 Å². The molecule has 8 heteroatoms. The van der Waals surface area contributed by atoms with Gasteiger partial charge in [-0.25, -0.2) is 9.59 Å². The molecule has 1 aromatic rings. The van der Waals surface area contributed by atoms with Crippen LogP contribution in [0.2, 0.25) is 0 Å². The zero-order chi connectivity index (χ0) is 15.3. The molecule has 0 saturated carbocycles. The van der Waals surface area contributed by atoms with Crippen molar-refractivity contribution in [3.63, 3.8) is 0 Å². The van der Waals surface area contributed by atoms with E-state index in [1.807, 2.05) is 22.6 Å².